The van der Waals surface area contributed by atoms with Crippen LogP contribution in [0.5, 0.6) is 5.75 Å². The second kappa shape index (κ2) is 12.1. The zero-order valence-electron chi connectivity index (χ0n) is 21.5. The summed E-state index contributed by atoms with van der Waals surface area (Å²) < 4.78 is 62.3. The van der Waals surface area contributed by atoms with Gasteiger partial charge in [0.25, 0.3) is 20.0 Å². The lowest BCUT2D eigenvalue weighted by Crippen LogP contribution is -2.38. The number of nitrogens with one attached hydrogen (secondary N) is 2. The van der Waals surface area contributed by atoms with E-state index in [0.717, 1.165) is 14.3 Å². The van der Waals surface area contributed by atoms with Crippen LogP contribution in [0.3, 0.4) is 0 Å². The van der Waals surface area contributed by atoms with Crippen molar-refractivity contribution < 1.29 is 26.4 Å². The zero-order chi connectivity index (χ0) is 28.9. The van der Waals surface area contributed by atoms with Crippen molar-refractivity contribution in [2.45, 2.75) is 16.7 Å². The highest BCUT2D eigenvalue weighted by molar-refractivity contribution is 9.10. The minimum atomic E-state index is -4.06. The molecule has 0 heterocycles. The molecule has 40 heavy (non-hydrogen) atoms. The molecule has 0 bridgehead atoms. The molecule has 4 aromatic rings. The van der Waals surface area contributed by atoms with Gasteiger partial charge in [0.2, 0.25) is 5.91 Å². The number of carbonyl (C=O) groups is 1. The average molecular weight is 645 g/mol. The quantitative estimate of drug-likeness (QED) is 0.239. The Labute approximate surface area is 242 Å². The number of halogens is 1. The molecule has 4 rings (SSSR count). The van der Waals surface area contributed by atoms with Crippen LogP contribution in [0.15, 0.2) is 111 Å². The number of methoxy groups -OCH3 is 1. The van der Waals surface area contributed by atoms with Crippen LogP contribution in [0.2, 0.25) is 0 Å². The molecule has 9 nitrogen and oxygen atoms in total. The summed E-state index contributed by atoms with van der Waals surface area (Å²) in [6.07, 6.45) is 0. The summed E-state index contributed by atoms with van der Waals surface area (Å²) in [5.74, 6) is -0.237. The molecular formula is C28H26BrN3O6S2. The first-order valence-corrected chi connectivity index (χ1v) is 15.6. The monoisotopic (exact) mass is 643 g/mol. The van der Waals surface area contributed by atoms with Crippen LogP contribution in [-0.2, 0) is 24.8 Å². The predicted octanol–water partition coefficient (Wildman–Crippen LogP) is 5.40. The summed E-state index contributed by atoms with van der Waals surface area (Å²) in [7, 11) is -6.56. The third-order valence-electron chi connectivity index (χ3n) is 5.78. The maximum atomic E-state index is 13.4. The number of amides is 1. The summed E-state index contributed by atoms with van der Waals surface area (Å²) in [4.78, 5) is 13.0. The Bertz CT molecular complexity index is 1710. The van der Waals surface area contributed by atoms with Gasteiger partial charge in [-0.15, -0.1) is 0 Å². The largest absolute Gasteiger partial charge is 0.495 e. The summed E-state index contributed by atoms with van der Waals surface area (Å²) in [6.45, 7) is 1.32. The highest BCUT2D eigenvalue weighted by Gasteiger charge is 2.27. The van der Waals surface area contributed by atoms with Crippen molar-refractivity contribution in [3.05, 3.63) is 107 Å². The second-order valence-electron chi connectivity index (χ2n) is 8.68. The molecule has 12 heteroatoms. The van der Waals surface area contributed by atoms with Crippen LogP contribution in [0.4, 0.5) is 17.1 Å². The topological polar surface area (TPSA) is 122 Å². The molecule has 208 valence electrons. The van der Waals surface area contributed by atoms with E-state index in [1.807, 2.05) is 6.92 Å². The van der Waals surface area contributed by atoms with E-state index < -0.39 is 32.5 Å². The Morgan fingerprint density at radius 1 is 0.850 bits per heavy atom. The number of hydrogen-bond donors (Lipinski definition) is 2. The Morgan fingerprint density at radius 3 is 2.12 bits per heavy atom. The van der Waals surface area contributed by atoms with Gasteiger partial charge in [-0.1, -0.05) is 40.2 Å². The van der Waals surface area contributed by atoms with Crippen molar-refractivity contribution in [2.24, 2.45) is 0 Å². The van der Waals surface area contributed by atoms with Crippen LogP contribution < -0.4 is 19.1 Å². The van der Waals surface area contributed by atoms with E-state index in [2.05, 4.69) is 26.0 Å². The zero-order valence-corrected chi connectivity index (χ0v) is 24.8. The first kappa shape index (κ1) is 29.1. The minimum Gasteiger partial charge on any atom is -0.495 e. The number of rotatable bonds is 10. The average Bonchev–Trinajstić information content (AvgIpc) is 2.93. The number of sulfonamides is 2. The molecule has 0 spiro atoms. The third-order valence-corrected chi connectivity index (χ3v) is 9.48. The lowest BCUT2D eigenvalue weighted by atomic mass is 10.2. The normalized spacial score (nSPS) is 11.5. The van der Waals surface area contributed by atoms with Gasteiger partial charge in [-0.05, 0) is 85.3 Å². The number of aryl methyl sites for hydroxylation is 1. The summed E-state index contributed by atoms with van der Waals surface area (Å²) in [5, 5.41) is 2.64. The number of ether oxygens (including phenoxy) is 1. The lowest BCUT2D eigenvalue weighted by Gasteiger charge is -2.24. The van der Waals surface area contributed by atoms with Crippen molar-refractivity contribution >= 4 is 58.9 Å². The summed E-state index contributed by atoms with van der Waals surface area (Å²) in [5.41, 5.74) is 1.75. The van der Waals surface area contributed by atoms with Gasteiger partial charge in [-0.3, -0.25) is 13.8 Å². The molecule has 0 fully saturated rings. The van der Waals surface area contributed by atoms with Gasteiger partial charge < -0.3 is 10.1 Å². The summed E-state index contributed by atoms with van der Waals surface area (Å²) in [6, 6.07) is 25.0. The first-order chi connectivity index (χ1) is 19.0. The molecule has 2 N–H and O–H groups in total. The van der Waals surface area contributed by atoms with E-state index in [-0.39, 0.29) is 9.79 Å². The van der Waals surface area contributed by atoms with E-state index in [4.69, 9.17) is 4.74 Å². The van der Waals surface area contributed by atoms with Gasteiger partial charge in [0.05, 0.1) is 28.3 Å². The van der Waals surface area contributed by atoms with Gasteiger partial charge in [0.15, 0.2) is 0 Å². The molecule has 0 aromatic heterocycles. The number of carbonyl (C=O) groups excluding carboxylic acids is 1. The number of anilines is 3. The molecule has 0 atom stereocenters. The van der Waals surface area contributed by atoms with E-state index in [0.29, 0.717) is 22.8 Å². The molecule has 0 radical (unpaired) electrons. The van der Waals surface area contributed by atoms with Crippen molar-refractivity contribution in [1.29, 1.82) is 0 Å². The Kier molecular flexibility index (Phi) is 8.82. The predicted molar refractivity (Wildman–Crippen MR) is 159 cm³/mol. The molecule has 0 aliphatic rings. The van der Waals surface area contributed by atoms with Crippen molar-refractivity contribution in [3.63, 3.8) is 0 Å². The molecular weight excluding hydrogens is 618 g/mol. The van der Waals surface area contributed by atoms with Gasteiger partial charge in [-0.2, -0.15) is 0 Å². The fourth-order valence-corrected chi connectivity index (χ4v) is 6.56. The van der Waals surface area contributed by atoms with E-state index in [1.54, 1.807) is 60.7 Å². The molecule has 0 unspecified atom stereocenters. The van der Waals surface area contributed by atoms with Gasteiger partial charge in [-0.25, -0.2) is 16.8 Å². The Morgan fingerprint density at radius 2 is 1.50 bits per heavy atom. The highest BCUT2D eigenvalue weighted by atomic mass is 79.9. The fourth-order valence-electron chi connectivity index (χ4n) is 3.80. The number of hydrogen-bond acceptors (Lipinski definition) is 6. The molecule has 0 saturated carbocycles. The molecule has 4 aromatic carbocycles. The van der Waals surface area contributed by atoms with Crippen molar-refractivity contribution in [1.82, 2.24) is 0 Å². The molecule has 0 aliphatic heterocycles. The second-order valence-corrected chi connectivity index (χ2v) is 13.1. The van der Waals surface area contributed by atoms with E-state index in [1.165, 1.54) is 43.5 Å². The smallest absolute Gasteiger partial charge is 0.264 e. The van der Waals surface area contributed by atoms with Gasteiger partial charge >= 0.3 is 0 Å². The van der Waals surface area contributed by atoms with Crippen LogP contribution in [0.1, 0.15) is 5.56 Å². The summed E-state index contributed by atoms with van der Waals surface area (Å²) >= 11 is 3.33. The SMILES string of the molecule is COc1ccc(C)cc1NS(=O)(=O)c1ccc(NC(=O)CN(c2ccc(Br)cc2)S(=O)(=O)c2ccccc2)cc1. The Hall–Kier alpha value is -3.87. The number of nitrogens with zero attached hydrogens (tertiary/aromatic N) is 1. The van der Waals surface area contributed by atoms with Crippen molar-refractivity contribution in [3.8, 4) is 5.75 Å². The fraction of sp³-hybridized carbons (Fsp3) is 0.107. The molecule has 0 aliphatic carbocycles. The van der Waals surface area contributed by atoms with Gasteiger partial charge in [0, 0.05) is 10.2 Å². The van der Waals surface area contributed by atoms with E-state index in [9.17, 15) is 21.6 Å². The lowest BCUT2D eigenvalue weighted by molar-refractivity contribution is -0.114. The molecule has 1 amide bonds. The third kappa shape index (κ3) is 6.82. The van der Waals surface area contributed by atoms with Crippen LogP contribution >= 0.6 is 15.9 Å². The maximum Gasteiger partial charge on any atom is 0.264 e. The number of benzene rings is 4. The van der Waals surface area contributed by atoms with Crippen LogP contribution in [-0.4, -0.2) is 36.4 Å². The van der Waals surface area contributed by atoms with Gasteiger partial charge in [0.1, 0.15) is 12.3 Å². The minimum absolute atomic E-state index is 0.0304. The van der Waals surface area contributed by atoms with E-state index >= 15 is 0 Å². The van der Waals surface area contributed by atoms with Crippen LogP contribution in [0.25, 0.3) is 0 Å². The standard InChI is InChI=1S/C28H26BrN3O6S2/c1-20-8-17-27(38-2)26(18-20)31-39(34,35)24-15-11-22(12-16-24)30-28(33)19-32(23-13-9-21(29)10-14-23)40(36,37)25-6-4-3-5-7-25/h3-18,31H,19H2,1-2H3,(H,30,33). The van der Waals surface area contributed by atoms with Crippen LogP contribution in [0, 0.1) is 6.92 Å². The first-order valence-electron chi connectivity index (χ1n) is 11.9. The Balaban J connectivity index is 1.52. The highest BCUT2D eigenvalue weighted by Crippen LogP contribution is 2.29. The van der Waals surface area contributed by atoms with Crippen molar-refractivity contribution in [2.75, 3.05) is 28.0 Å². The maximum absolute atomic E-state index is 13.4. The molecule has 0 saturated heterocycles.